The number of morpholine rings is 1. The van der Waals surface area contributed by atoms with Crippen molar-refractivity contribution in [2.24, 2.45) is 0 Å². The second-order valence-corrected chi connectivity index (χ2v) is 10.2. The Labute approximate surface area is 218 Å². The molecule has 0 aliphatic carbocycles. The number of nitriles is 1. The maximum absolute atomic E-state index is 12.8. The van der Waals surface area contributed by atoms with Crippen LogP contribution in [0.5, 0.6) is 5.75 Å². The third-order valence-electron chi connectivity index (χ3n) is 6.25. The average molecular weight is 523 g/mol. The second kappa shape index (κ2) is 12.9. The number of hydrogen-bond donors (Lipinski definition) is 0. The minimum Gasteiger partial charge on any atom is -0.489 e. The Bertz CT molecular complexity index is 1250. The molecular formula is C27H30N4O5S. The van der Waals surface area contributed by atoms with E-state index in [0.717, 1.165) is 34.6 Å². The summed E-state index contributed by atoms with van der Waals surface area (Å²) in [6.07, 6.45) is 4.00. The lowest BCUT2D eigenvalue weighted by atomic mass is 10.1. The van der Waals surface area contributed by atoms with Crippen molar-refractivity contribution >= 4 is 11.0 Å². The molecule has 0 bridgehead atoms. The zero-order valence-electron chi connectivity index (χ0n) is 20.5. The first-order chi connectivity index (χ1) is 17.7. The van der Waals surface area contributed by atoms with Crippen LogP contribution in [-0.2, 0) is 26.9 Å². The van der Waals surface area contributed by atoms with E-state index in [1.807, 2.05) is 52.8 Å². The molecule has 2 N–H and O–H groups in total. The molecular weight excluding hydrogens is 492 g/mol. The third-order valence-corrected chi connectivity index (χ3v) is 7.76. The molecule has 5 rings (SSSR count). The lowest BCUT2D eigenvalue weighted by Gasteiger charge is -2.25. The van der Waals surface area contributed by atoms with Crippen LogP contribution in [0.15, 0.2) is 59.6 Å². The van der Waals surface area contributed by atoms with Gasteiger partial charge in [0.2, 0.25) is 0 Å². The summed E-state index contributed by atoms with van der Waals surface area (Å²) in [7, 11) is -1.18. The number of aromatic nitrogens is 2. The van der Waals surface area contributed by atoms with Crippen molar-refractivity contribution in [2.45, 2.75) is 30.3 Å². The summed E-state index contributed by atoms with van der Waals surface area (Å²) < 4.78 is 31.5. The highest BCUT2D eigenvalue weighted by Crippen LogP contribution is 2.28. The molecule has 2 fully saturated rings. The highest BCUT2D eigenvalue weighted by atomic mass is 32.2. The van der Waals surface area contributed by atoms with Crippen molar-refractivity contribution in [3.63, 3.8) is 0 Å². The van der Waals surface area contributed by atoms with Crippen LogP contribution >= 0.6 is 0 Å². The summed E-state index contributed by atoms with van der Waals surface area (Å²) in [5.74, 6) is 1.27. The Morgan fingerprint density at radius 3 is 2.49 bits per heavy atom. The SMILES string of the molecule is N#Cc1cc(-c2ccnc(Cc3ccc(S(=O)N4CCOCC4)cc3)n2)ccc1OC1CCOCC1.O. The van der Waals surface area contributed by atoms with Crippen molar-refractivity contribution < 1.29 is 23.9 Å². The van der Waals surface area contributed by atoms with Crippen LogP contribution in [0.25, 0.3) is 11.3 Å². The minimum atomic E-state index is -1.18. The molecule has 0 saturated carbocycles. The fourth-order valence-electron chi connectivity index (χ4n) is 4.27. The van der Waals surface area contributed by atoms with Gasteiger partial charge in [-0.05, 0) is 42.0 Å². The Morgan fingerprint density at radius 2 is 1.76 bits per heavy atom. The van der Waals surface area contributed by atoms with Crippen molar-refractivity contribution in [1.82, 2.24) is 14.3 Å². The number of hydrogen-bond acceptors (Lipinski definition) is 7. The summed E-state index contributed by atoms with van der Waals surface area (Å²) in [5.41, 5.74) is 3.11. The highest BCUT2D eigenvalue weighted by molar-refractivity contribution is 7.82. The smallest absolute Gasteiger partial charge is 0.137 e. The third kappa shape index (κ3) is 6.77. The van der Waals surface area contributed by atoms with E-state index in [0.29, 0.717) is 63.1 Å². The fraction of sp³-hybridized carbons (Fsp3) is 0.370. The molecule has 0 amide bonds. The standard InChI is InChI=1S/C27H28N4O4S.H2O/c28-19-22-18-21(3-6-26(22)35-23-8-13-33-14-9-23)25-7-10-29-27(30-25)17-20-1-4-24(5-2-20)36(32)31-11-15-34-16-12-31;/h1-7,10,18,23H,8-9,11-17H2;1H2. The molecule has 194 valence electrons. The molecule has 9 nitrogen and oxygen atoms in total. The van der Waals surface area contributed by atoms with Crippen LogP contribution in [0.1, 0.15) is 29.8 Å². The van der Waals surface area contributed by atoms with Gasteiger partial charge in [0.05, 0.1) is 42.6 Å². The van der Waals surface area contributed by atoms with Crippen LogP contribution in [0.2, 0.25) is 0 Å². The number of rotatable bonds is 7. The Hall–Kier alpha value is -3.20. The topological polar surface area (TPSA) is 129 Å². The van der Waals surface area contributed by atoms with E-state index in [1.54, 1.807) is 6.20 Å². The van der Waals surface area contributed by atoms with Gasteiger partial charge in [0.25, 0.3) is 0 Å². The van der Waals surface area contributed by atoms with Gasteiger partial charge in [0.1, 0.15) is 34.7 Å². The molecule has 0 radical (unpaired) electrons. The Balaban J connectivity index is 0.00000320. The van der Waals surface area contributed by atoms with Crippen LogP contribution in [0, 0.1) is 11.3 Å². The predicted molar refractivity (Wildman–Crippen MR) is 138 cm³/mol. The summed E-state index contributed by atoms with van der Waals surface area (Å²) in [5, 5.41) is 9.69. The number of benzene rings is 2. The summed E-state index contributed by atoms with van der Waals surface area (Å²) in [6.45, 7) is 3.93. The van der Waals surface area contributed by atoms with E-state index in [-0.39, 0.29) is 11.6 Å². The lowest BCUT2D eigenvalue weighted by molar-refractivity contribution is 0.0254. The van der Waals surface area contributed by atoms with Crippen molar-refractivity contribution in [2.75, 3.05) is 39.5 Å². The van der Waals surface area contributed by atoms with E-state index in [1.165, 1.54) is 0 Å². The van der Waals surface area contributed by atoms with E-state index >= 15 is 0 Å². The monoisotopic (exact) mass is 522 g/mol. The Morgan fingerprint density at radius 1 is 1.03 bits per heavy atom. The zero-order valence-corrected chi connectivity index (χ0v) is 21.3. The van der Waals surface area contributed by atoms with E-state index < -0.39 is 11.0 Å². The molecule has 2 aliphatic rings. The first kappa shape index (κ1) is 26.9. The summed E-state index contributed by atoms with van der Waals surface area (Å²) >= 11 is 0. The van der Waals surface area contributed by atoms with Gasteiger partial charge in [-0.2, -0.15) is 5.26 Å². The van der Waals surface area contributed by atoms with Crippen LogP contribution in [0.4, 0.5) is 0 Å². The molecule has 0 spiro atoms. The summed E-state index contributed by atoms with van der Waals surface area (Å²) in [6, 6.07) is 17.4. The van der Waals surface area contributed by atoms with Gasteiger partial charge in [-0.1, -0.05) is 12.1 Å². The normalized spacial score (nSPS) is 17.4. The molecule has 2 saturated heterocycles. The van der Waals surface area contributed by atoms with Crippen molar-refractivity contribution in [1.29, 1.82) is 5.26 Å². The fourth-order valence-corrected chi connectivity index (χ4v) is 5.41. The van der Waals surface area contributed by atoms with Crippen LogP contribution in [-0.4, -0.2) is 69.6 Å². The molecule has 1 unspecified atom stereocenters. The number of ether oxygens (including phenoxy) is 3. The molecule has 1 atom stereocenters. The Kier molecular flexibility index (Phi) is 9.33. The van der Waals surface area contributed by atoms with Gasteiger partial charge in [-0.3, -0.25) is 0 Å². The lowest BCUT2D eigenvalue weighted by Crippen LogP contribution is -2.37. The van der Waals surface area contributed by atoms with Crippen LogP contribution < -0.4 is 4.74 Å². The maximum atomic E-state index is 12.8. The largest absolute Gasteiger partial charge is 0.489 e. The first-order valence-corrected chi connectivity index (χ1v) is 13.2. The van der Waals surface area contributed by atoms with E-state index in [2.05, 4.69) is 11.1 Å². The van der Waals surface area contributed by atoms with Crippen molar-refractivity contribution in [3.8, 4) is 23.1 Å². The molecule has 10 heteroatoms. The molecule has 3 heterocycles. The van der Waals surface area contributed by atoms with Gasteiger partial charge in [0.15, 0.2) is 0 Å². The molecule has 2 aromatic carbocycles. The molecule has 37 heavy (non-hydrogen) atoms. The minimum absolute atomic E-state index is 0. The van der Waals surface area contributed by atoms with E-state index in [9.17, 15) is 9.47 Å². The second-order valence-electron chi connectivity index (χ2n) is 8.72. The quantitative estimate of drug-likeness (QED) is 0.466. The van der Waals surface area contributed by atoms with Crippen LogP contribution in [0.3, 0.4) is 0 Å². The van der Waals surface area contributed by atoms with Gasteiger partial charge in [0, 0.05) is 44.1 Å². The zero-order chi connectivity index (χ0) is 24.7. The van der Waals surface area contributed by atoms with E-state index in [4.69, 9.17) is 19.2 Å². The van der Waals surface area contributed by atoms with Gasteiger partial charge in [-0.15, -0.1) is 0 Å². The highest BCUT2D eigenvalue weighted by Gasteiger charge is 2.19. The average Bonchev–Trinajstić information content (AvgIpc) is 2.94. The molecule has 1 aromatic heterocycles. The van der Waals surface area contributed by atoms with Crippen molar-refractivity contribution in [3.05, 3.63) is 71.7 Å². The first-order valence-electron chi connectivity index (χ1n) is 12.1. The van der Waals surface area contributed by atoms with Gasteiger partial charge in [-0.25, -0.2) is 18.5 Å². The predicted octanol–water partition coefficient (Wildman–Crippen LogP) is 2.69. The van der Waals surface area contributed by atoms with Gasteiger partial charge >= 0.3 is 0 Å². The molecule has 3 aromatic rings. The number of nitrogens with zero attached hydrogens (tertiary/aromatic N) is 4. The summed E-state index contributed by atoms with van der Waals surface area (Å²) in [4.78, 5) is 9.94. The maximum Gasteiger partial charge on any atom is 0.137 e. The van der Waals surface area contributed by atoms with Gasteiger partial charge < -0.3 is 19.7 Å². The molecule has 2 aliphatic heterocycles.